The molecule has 6 heteroatoms. The lowest BCUT2D eigenvalue weighted by atomic mass is 10.0. The van der Waals surface area contributed by atoms with Crippen molar-refractivity contribution in [3.8, 4) is 0 Å². The van der Waals surface area contributed by atoms with Gasteiger partial charge in [-0.1, -0.05) is 0 Å². The number of likely N-dealkylation sites (tertiary alicyclic amines) is 2. The Balaban J connectivity index is 1.78. The maximum absolute atomic E-state index is 12.0. The minimum atomic E-state index is -0.449. The number of nitrogens with one attached hydrogen (secondary N) is 1. The lowest BCUT2D eigenvalue weighted by molar-refractivity contribution is -0.132. The molecule has 2 atom stereocenters. The molecular formula is C15H27N3O3. The van der Waals surface area contributed by atoms with E-state index in [4.69, 9.17) is 4.74 Å². The van der Waals surface area contributed by atoms with Gasteiger partial charge in [-0.15, -0.1) is 0 Å². The number of hydrogen-bond acceptors (Lipinski definition) is 4. The molecule has 0 aromatic rings. The summed E-state index contributed by atoms with van der Waals surface area (Å²) in [5.74, 6) is 0.217. The largest absolute Gasteiger partial charge is 0.444 e. The smallest absolute Gasteiger partial charge is 0.410 e. The molecule has 21 heavy (non-hydrogen) atoms. The second-order valence-corrected chi connectivity index (χ2v) is 7.09. The number of ether oxygens (including phenoxy) is 1. The van der Waals surface area contributed by atoms with E-state index >= 15 is 0 Å². The third-order valence-electron chi connectivity index (χ3n) is 3.94. The lowest BCUT2D eigenvalue weighted by Crippen LogP contribution is -2.50. The normalized spacial score (nSPS) is 27.1. The molecule has 0 aliphatic carbocycles. The van der Waals surface area contributed by atoms with Gasteiger partial charge in [0.05, 0.1) is 0 Å². The van der Waals surface area contributed by atoms with Crippen molar-refractivity contribution in [3.05, 3.63) is 0 Å². The van der Waals surface area contributed by atoms with E-state index in [-0.39, 0.29) is 12.0 Å². The maximum atomic E-state index is 12.0. The van der Waals surface area contributed by atoms with Gasteiger partial charge in [0.25, 0.3) is 0 Å². The van der Waals surface area contributed by atoms with Crippen LogP contribution in [0.5, 0.6) is 0 Å². The molecule has 0 radical (unpaired) electrons. The van der Waals surface area contributed by atoms with E-state index in [1.54, 1.807) is 9.80 Å². The number of piperidine rings is 1. The molecule has 1 N–H and O–H groups in total. The fraction of sp³-hybridized carbons (Fsp3) is 0.867. The first kappa shape index (κ1) is 16.1. The number of hydrogen-bond donors (Lipinski definition) is 1. The van der Waals surface area contributed by atoms with E-state index in [1.165, 1.54) is 0 Å². The molecule has 2 unspecified atom stereocenters. The van der Waals surface area contributed by atoms with Crippen LogP contribution in [-0.2, 0) is 9.53 Å². The number of rotatable bonds is 2. The van der Waals surface area contributed by atoms with Gasteiger partial charge in [-0.3, -0.25) is 4.79 Å². The number of nitrogens with zero attached hydrogens (tertiary/aromatic N) is 2. The summed E-state index contributed by atoms with van der Waals surface area (Å²) in [6.45, 7) is 7.81. The molecule has 2 rings (SSSR count). The molecule has 0 aromatic carbocycles. The van der Waals surface area contributed by atoms with Gasteiger partial charge in [-0.25, -0.2) is 4.79 Å². The number of carbonyl (C=O) groups is 2. The number of amides is 2. The highest BCUT2D eigenvalue weighted by molar-refractivity contribution is 5.76. The highest BCUT2D eigenvalue weighted by Crippen LogP contribution is 2.17. The minimum Gasteiger partial charge on any atom is -0.444 e. The van der Waals surface area contributed by atoms with Gasteiger partial charge >= 0.3 is 6.09 Å². The van der Waals surface area contributed by atoms with E-state index < -0.39 is 5.60 Å². The summed E-state index contributed by atoms with van der Waals surface area (Å²) in [6.07, 6.45) is 2.19. The minimum absolute atomic E-state index is 0.217. The topological polar surface area (TPSA) is 61.9 Å². The summed E-state index contributed by atoms with van der Waals surface area (Å²) < 4.78 is 5.40. The maximum Gasteiger partial charge on any atom is 0.410 e. The summed E-state index contributed by atoms with van der Waals surface area (Å²) in [7, 11) is 1.85. The van der Waals surface area contributed by atoms with Gasteiger partial charge < -0.3 is 19.9 Å². The monoisotopic (exact) mass is 297 g/mol. The van der Waals surface area contributed by atoms with Crippen LogP contribution in [0.4, 0.5) is 4.79 Å². The Hall–Kier alpha value is -1.30. The predicted octanol–water partition coefficient (Wildman–Crippen LogP) is 1.21. The molecule has 0 bridgehead atoms. The number of carbonyl (C=O) groups excluding carboxylic acids is 2. The Bertz CT molecular complexity index is 405. The first-order valence-electron chi connectivity index (χ1n) is 7.72. The molecule has 2 aliphatic heterocycles. The zero-order valence-corrected chi connectivity index (χ0v) is 13.5. The first-order valence-corrected chi connectivity index (χ1v) is 7.72. The van der Waals surface area contributed by atoms with Crippen molar-refractivity contribution in [2.24, 2.45) is 0 Å². The zero-order valence-electron chi connectivity index (χ0n) is 13.5. The molecule has 6 nitrogen and oxygen atoms in total. The Labute approximate surface area is 126 Å². The van der Waals surface area contributed by atoms with E-state index in [2.05, 4.69) is 5.32 Å². The number of likely N-dealkylation sites (N-methyl/N-ethyl adjacent to an activating group) is 1. The molecule has 120 valence electrons. The summed E-state index contributed by atoms with van der Waals surface area (Å²) in [5.41, 5.74) is -0.449. The van der Waals surface area contributed by atoms with Gasteiger partial charge in [0, 0.05) is 45.2 Å². The average Bonchev–Trinajstić information content (AvgIpc) is 2.80. The van der Waals surface area contributed by atoms with Crippen molar-refractivity contribution in [3.63, 3.8) is 0 Å². The van der Waals surface area contributed by atoms with E-state index in [0.29, 0.717) is 25.0 Å². The second-order valence-electron chi connectivity index (χ2n) is 7.09. The summed E-state index contributed by atoms with van der Waals surface area (Å²) in [4.78, 5) is 27.0. The fourth-order valence-electron chi connectivity index (χ4n) is 2.87. The summed E-state index contributed by atoms with van der Waals surface area (Å²) >= 11 is 0. The van der Waals surface area contributed by atoms with Crippen LogP contribution in [0.15, 0.2) is 0 Å². The van der Waals surface area contributed by atoms with Crippen LogP contribution >= 0.6 is 0 Å². The second kappa shape index (κ2) is 6.22. The van der Waals surface area contributed by atoms with Gasteiger partial charge in [-0.05, 0) is 33.6 Å². The highest BCUT2D eigenvalue weighted by Gasteiger charge is 2.32. The molecule has 2 aliphatic rings. The Morgan fingerprint density at radius 2 is 1.90 bits per heavy atom. The van der Waals surface area contributed by atoms with Crippen molar-refractivity contribution in [2.75, 3.05) is 26.7 Å². The third-order valence-corrected chi connectivity index (χ3v) is 3.94. The van der Waals surface area contributed by atoms with E-state index in [9.17, 15) is 9.59 Å². The van der Waals surface area contributed by atoms with Gasteiger partial charge in [-0.2, -0.15) is 0 Å². The molecular weight excluding hydrogens is 270 g/mol. The first-order chi connectivity index (χ1) is 9.74. The molecule has 2 amide bonds. The van der Waals surface area contributed by atoms with Crippen molar-refractivity contribution in [1.29, 1.82) is 0 Å². The van der Waals surface area contributed by atoms with Crippen LogP contribution in [0.1, 0.15) is 40.0 Å². The quantitative estimate of drug-likeness (QED) is 0.832. The van der Waals surface area contributed by atoms with Crippen LogP contribution in [0, 0.1) is 0 Å². The highest BCUT2D eigenvalue weighted by atomic mass is 16.6. The molecule has 0 aromatic heterocycles. The summed E-state index contributed by atoms with van der Waals surface area (Å²) in [5, 5.41) is 3.57. The average molecular weight is 297 g/mol. The van der Waals surface area contributed by atoms with Gasteiger partial charge in [0.1, 0.15) is 5.60 Å². The van der Waals surface area contributed by atoms with Crippen LogP contribution in [0.3, 0.4) is 0 Å². The molecule has 0 spiro atoms. The lowest BCUT2D eigenvalue weighted by Gasteiger charge is -2.32. The van der Waals surface area contributed by atoms with E-state index in [0.717, 1.165) is 25.9 Å². The molecule has 2 heterocycles. The van der Waals surface area contributed by atoms with E-state index in [1.807, 2.05) is 27.8 Å². The third kappa shape index (κ3) is 4.59. The molecule has 2 fully saturated rings. The SMILES string of the molecule is CN1CC(NC2CCN(C(=O)OC(C)(C)C)C2)CCC1=O. The molecule has 0 saturated carbocycles. The Kier molecular flexibility index (Phi) is 4.76. The van der Waals surface area contributed by atoms with Crippen LogP contribution in [0.25, 0.3) is 0 Å². The standard InChI is InChI=1S/C15H27N3O3/c1-15(2,3)21-14(20)18-8-7-12(10-18)16-11-5-6-13(19)17(4)9-11/h11-12,16H,5-10H2,1-4H3. The fourth-order valence-corrected chi connectivity index (χ4v) is 2.87. The van der Waals surface area contributed by atoms with Crippen LogP contribution < -0.4 is 5.32 Å². The van der Waals surface area contributed by atoms with Crippen molar-refractivity contribution >= 4 is 12.0 Å². The van der Waals surface area contributed by atoms with Crippen LogP contribution in [0.2, 0.25) is 0 Å². The Morgan fingerprint density at radius 1 is 1.24 bits per heavy atom. The summed E-state index contributed by atoms with van der Waals surface area (Å²) in [6, 6.07) is 0.625. The molecule has 2 saturated heterocycles. The predicted molar refractivity (Wildman–Crippen MR) is 80.0 cm³/mol. The van der Waals surface area contributed by atoms with Gasteiger partial charge in [0.15, 0.2) is 0 Å². The zero-order chi connectivity index (χ0) is 15.6. The Morgan fingerprint density at radius 3 is 2.52 bits per heavy atom. The van der Waals surface area contributed by atoms with Crippen molar-refractivity contribution < 1.29 is 14.3 Å². The van der Waals surface area contributed by atoms with Crippen LogP contribution in [-0.4, -0.2) is 66.2 Å². The van der Waals surface area contributed by atoms with Gasteiger partial charge in [0.2, 0.25) is 5.91 Å². The van der Waals surface area contributed by atoms with Crippen molar-refractivity contribution in [2.45, 2.75) is 57.7 Å². The van der Waals surface area contributed by atoms with Crippen molar-refractivity contribution in [1.82, 2.24) is 15.1 Å².